The number of halogens is 2. The molecule has 2 heterocycles. The molecule has 1 fully saturated rings. The summed E-state index contributed by atoms with van der Waals surface area (Å²) in [6, 6.07) is 0. The quantitative estimate of drug-likeness (QED) is 0.266. The van der Waals surface area contributed by atoms with Gasteiger partial charge in [-0.15, -0.1) is 24.0 Å². The second-order valence-electron chi connectivity index (χ2n) is 5.59. The Morgan fingerprint density at radius 3 is 2.64 bits per heavy atom. The molecular weight excluding hydrogens is 499 g/mol. The van der Waals surface area contributed by atoms with Crippen molar-refractivity contribution in [3.63, 3.8) is 0 Å². The molecule has 0 aliphatic carbocycles. The summed E-state index contributed by atoms with van der Waals surface area (Å²) in [6.45, 7) is 9.59. The summed E-state index contributed by atoms with van der Waals surface area (Å²) in [4.78, 5) is 18.1. The monoisotopic (exact) mass is 526 g/mol. The van der Waals surface area contributed by atoms with E-state index in [0.717, 1.165) is 56.1 Å². The molecule has 9 heteroatoms. The molecule has 0 atom stereocenters. The van der Waals surface area contributed by atoms with Crippen LogP contribution in [-0.4, -0.2) is 67.2 Å². The second kappa shape index (κ2) is 11.7. The number of guanidine groups is 1. The van der Waals surface area contributed by atoms with Crippen LogP contribution in [0.3, 0.4) is 0 Å². The van der Waals surface area contributed by atoms with Crippen LogP contribution in [-0.2, 0) is 0 Å². The Hall–Kier alpha value is -0.840. The maximum absolute atomic E-state index is 5.26. The van der Waals surface area contributed by atoms with Crippen molar-refractivity contribution in [3.05, 3.63) is 10.7 Å². The van der Waals surface area contributed by atoms with Gasteiger partial charge in [-0.3, -0.25) is 4.99 Å². The van der Waals surface area contributed by atoms with Crippen LogP contribution < -0.4 is 15.0 Å². The van der Waals surface area contributed by atoms with E-state index in [4.69, 9.17) is 9.73 Å². The van der Waals surface area contributed by atoms with Crippen LogP contribution in [0.25, 0.3) is 0 Å². The van der Waals surface area contributed by atoms with Crippen molar-refractivity contribution in [2.75, 3.05) is 51.3 Å². The third kappa shape index (κ3) is 6.43. The molecule has 1 saturated heterocycles. The van der Waals surface area contributed by atoms with Gasteiger partial charge in [-0.2, -0.15) is 4.98 Å². The van der Waals surface area contributed by atoms with Gasteiger partial charge < -0.3 is 19.9 Å². The van der Waals surface area contributed by atoms with Crippen molar-refractivity contribution < 1.29 is 4.74 Å². The average molecular weight is 527 g/mol. The first-order valence-electron chi connectivity index (χ1n) is 8.54. The van der Waals surface area contributed by atoms with Gasteiger partial charge in [0.1, 0.15) is 0 Å². The van der Waals surface area contributed by atoms with Crippen LogP contribution in [0.2, 0.25) is 0 Å². The Morgan fingerprint density at radius 1 is 1.32 bits per heavy atom. The van der Waals surface area contributed by atoms with E-state index in [0.29, 0.717) is 11.8 Å². The van der Waals surface area contributed by atoms with Crippen LogP contribution in [0.1, 0.15) is 26.7 Å². The molecule has 1 aromatic heterocycles. The summed E-state index contributed by atoms with van der Waals surface area (Å²) in [5.74, 6) is 2.29. The summed E-state index contributed by atoms with van der Waals surface area (Å²) >= 11 is 3.39. The Balaban J connectivity index is 0.00000312. The zero-order valence-corrected chi connectivity index (χ0v) is 19.1. The van der Waals surface area contributed by atoms with E-state index in [1.807, 2.05) is 0 Å². The van der Waals surface area contributed by atoms with Crippen LogP contribution in [0, 0.1) is 0 Å². The number of nitrogens with zero attached hydrogens (tertiary/aromatic N) is 5. The molecule has 1 aliphatic rings. The first kappa shape index (κ1) is 22.2. The molecule has 1 aromatic rings. The van der Waals surface area contributed by atoms with Gasteiger partial charge in [-0.1, -0.05) is 13.3 Å². The van der Waals surface area contributed by atoms with Crippen LogP contribution in [0.15, 0.2) is 15.7 Å². The molecular formula is C16H28BrIN6O. The van der Waals surface area contributed by atoms with Crippen molar-refractivity contribution >= 4 is 51.8 Å². The third-order valence-corrected chi connectivity index (χ3v) is 4.41. The van der Waals surface area contributed by atoms with Gasteiger partial charge in [0.15, 0.2) is 5.96 Å². The normalized spacial score (nSPS) is 15.0. The van der Waals surface area contributed by atoms with Gasteiger partial charge in [0.2, 0.25) is 11.8 Å². The molecule has 7 nitrogen and oxygen atoms in total. The highest BCUT2D eigenvalue weighted by atomic mass is 127. The molecule has 142 valence electrons. The number of aromatic nitrogens is 2. The molecule has 0 radical (unpaired) electrons. The molecule has 1 aliphatic heterocycles. The molecule has 0 saturated carbocycles. The van der Waals surface area contributed by atoms with Crippen LogP contribution in [0.4, 0.5) is 5.95 Å². The molecule has 2 rings (SSSR count). The van der Waals surface area contributed by atoms with Crippen LogP contribution in [0.5, 0.6) is 5.88 Å². The number of methoxy groups -OCH3 is 1. The Bertz CT molecular complexity index is 551. The van der Waals surface area contributed by atoms with E-state index in [1.165, 1.54) is 6.42 Å². The van der Waals surface area contributed by atoms with E-state index < -0.39 is 0 Å². The number of ether oxygens (including phenoxy) is 1. The highest BCUT2D eigenvalue weighted by molar-refractivity contribution is 14.0. The highest BCUT2D eigenvalue weighted by Crippen LogP contribution is 2.23. The van der Waals surface area contributed by atoms with Gasteiger partial charge >= 0.3 is 0 Å². The summed E-state index contributed by atoms with van der Waals surface area (Å²) < 4.78 is 6.03. The van der Waals surface area contributed by atoms with E-state index >= 15 is 0 Å². The van der Waals surface area contributed by atoms with E-state index in [-0.39, 0.29) is 24.0 Å². The zero-order valence-electron chi connectivity index (χ0n) is 15.2. The molecule has 0 unspecified atom stereocenters. The Morgan fingerprint density at radius 2 is 2.04 bits per heavy atom. The number of nitrogens with one attached hydrogen (secondary N) is 1. The fourth-order valence-electron chi connectivity index (χ4n) is 2.53. The minimum Gasteiger partial charge on any atom is -0.480 e. The lowest BCUT2D eigenvalue weighted by Crippen LogP contribution is -2.53. The molecule has 0 spiro atoms. The lowest BCUT2D eigenvalue weighted by molar-refractivity contribution is 0.366. The highest BCUT2D eigenvalue weighted by Gasteiger charge is 2.22. The Labute approximate surface area is 175 Å². The van der Waals surface area contributed by atoms with Gasteiger partial charge in [0.05, 0.1) is 17.8 Å². The predicted octanol–water partition coefficient (Wildman–Crippen LogP) is 2.75. The van der Waals surface area contributed by atoms with Gasteiger partial charge in [0.25, 0.3) is 0 Å². The van der Waals surface area contributed by atoms with Gasteiger partial charge in [-0.25, -0.2) is 4.98 Å². The van der Waals surface area contributed by atoms with Crippen molar-refractivity contribution in [2.45, 2.75) is 26.7 Å². The number of hydrogen-bond acceptors (Lipinski definition) is 5. The van der Waals surface area contributed by atoms with Crippen molar-refractivity contribution in [3.8, 4) is 5.88 Å². The van der Waals surface area contributed by atoms with Crippen LogP contribution >= 0.6 is 39.9 Å². The maximum Gasteiger partial charge on any atom is 0.232 e. The molecule has 1 N–H and O–H groups in total. The topological polar surface area (TPSA) is 65.9 Å². The summed E-state index contributed by atoms with van der Waals surface area (Å²) in [6.07, 6.45) is 4.03. The lowest BCUT2D eigenvalue weighted by atomic mass is 10.3. The van der Waals surface area contributed by atoms with Crippen molar-refractivity contribution in [2.24, 2.45) is 4.99 Å². The molecule has 0 amide bonds. The van der Waals surface area contributed by atoms with Crippen molar-refractivity contribution in [1.82, 2.24) is 20.2 Å². The summed E-state index contributed by atoms with van der Waals surface area (Å²) in [7, 11) is 1.62. The maximum atomic E-state index is 5.26. The SMILES string of the molecule is CCCCN=C(NCC)N1CCN(c2ncc(Br)c(OC)n2)CC1.I. The van der Waals surface area contributed by atoms with Crippen molar-refractivity contribution in [1.29, 1.82) is 0 Å². The number of hydrogen-bond donors (Lipinski definition) is 1. The number of aliphatic imine (C=N–C) groups is 1. The zero-order chi connectivity index (χ0) is 17.4. The van der Waals surface area contributed by atoms with E-state index in [2.05, 4.69) is 54.9 Å². The summed E-state index contributed by atoms with van der Waals surface area (Å²) in [5, 5.41) is 3.39. The smallest absolute Gasteiger partial charge is 0.232 e. The Kier molecular flexibility index (Phi) is 10.4. The number of rotatable bonds is 6. The third-order valence-electron chi connectivity index (χ3n) is 3.86. The molecule has 0 aromatic carbocycles. The molecule has 25 heavy (non-hydrogen) atoms. The first-order valence-corrected chi connectivity index (χ1v) is 9.33. The number of anilines is 1. The minimum absolute atomic E-state index is 0. The minimum atomic E-state index is 0. The standard InChI is InChI=1S/C16H27BrN6O.HI/c1-4-6-7-19-15(18-5-2)22-8-10-23(11-9-22)16-20-12-13(17)14(21-16)24-3;/h12H,4-11H2,1-3H3,(H,18,19);1H. The number of unbranched alkanes of at least 4 members (excludes halogenated alkanes) is 1. The summed E-state index contributed by atoms with van der Waals surface area (Å²) in [5.41, 5.74) is 0. The fraction of sp³-hybridized carbons (Fsp3) is 0.688. The van der Waals surface area contributed by atoms with E-state index in [9.17, 15) is 0 Å². The van der Waals surface area contributed by atoms with E-state index in [1.54, 1.807) is 13.3 Å². The molecule has 0 bridgehead atoms. The number of piperazine rings is 1. The largest absolute Gasteiger partial charge is 0.480 e. The van der Waals surface area contributed by atoms with Gasteiger partial charge in [-0.05, 0) is 29.3 Å². The second-order valence-corrected chi connectivity index (χ2v) is 6.44. The average Bonchev–Trinajstić information content (AvgIpc) is 2.62. The lowest BCUT2D eigenvalue weighted by Gasteiger charge is -2.36. The fourth-order valence-corrected chi connectivity index (χ4v) is 2.88. The first-order chi connectivity index (χ1) is 11.7. The predicted molar refractivity (Wildman–Crippen MR) is 116 cm³/mol. The van der Waals surface area contributed by atoms with Gasteiger partial charge in [0, 0.05) is 39.3 Å².